The van der Waals surface area contributed by atoms with Crippen LogP contribution in [-0.2, 0) is 6.42 Å². The summed E-state index contributed by atoms with van der Waals surface area (Å²) in [6.45, 7) is 2.24. The van der Waals surface area contributed by atoms with Gasteiger partial charge in [0.05, 0.1) is 12.2 Å². The second kappa shape index (κ2) is 13.6. The van der Waals surface area contributed by atoms with Crippen molar-refractivity contribution in [3.63, 3.8) is 0 Å². The molecule has 1 heterocycles. The summed E-state index contributed by atoms with van der Waals surface area (Å²) in [5.74, 6) is -0.108. The summed E-state index contributed by atoms with van der Waals surface area (Å²) in [4.78, 5) is 13.6. The maximum Gasteiger partial charge on any atom is 0.335 e. The number of carbonyl (C=O) groups is 1. The summed E-state index contributed by atoms with van der Waals surface area (Å²) in [6.07, 6.45) is 4.31. The number of hydrogen-bond acceptors (Lipinski definition) is 3. The normalized spacial score (nSPS) is 16.9. The van der Waals surface area contributed by atoms with Crippen LogP contribution in [0.25, 0.3) is 22.3 Å². The van der Waals surface area contributed by atoms with Gasteiger partial charge >= 0.3 is 5.97 Å². The number of carboxylic acid groups (broad SMARTS) is 1. The molecule has 0 spiro atoms. The molecule has 7 heteroatoms. The van der Waals surface area contributed by atoms with Crippen molar-refractivity contribution in [2.45, 2.75) is 38.2 Å². The van der Waals surface area contributed by atoms with Gasteiger partial charge in [-0.05, 0) is 113 Å². The fourth-order valence-corrected chi connectivity index (χ4v) is 6.90. The number of likely N-dealkylation sites (tertiary alicyclic amines) is 1. The third-order valence-corrected chi connectivity index (χ3v) is 9.10. The molecule has 44 heavy (non-hydrogen) atoms. The molecule has 0 amide bonds. The third-order valence-electron chi connectivity index (χ3n) is 8.55. The fraction of sp³-hybridized carbons (Fsp3) is 0.270. The lowest BCUT2D eigenvalue weighted by atomic mass is 9.87. The molecule has 4 aromatic rings. The molecule has 1 aliphatic heterocycles. The van der Waals surface area contributed by atoms with Crippen molar-refractivity contribution in [2.75, 3.05) is 26.3 Å². The number of allylic oxidation sites excluding steroid dienone is 1. The molecule has 2 aliphatic rings. The zero-order chi connectivity index (χ0) is 30.6. The Bertz CT molecular complexity index is 1680. The highest BCUT2D eigenvalue weighted by Crippen LogP contribution is 2.43. The summed E-state index contributed by atoms with van der Waals surface area (Å²) < 4.78 is 18.9. The van der Waals surface area contributed by atoms with E-state index in [1.54, 1.807) is 18.2 Å². The second-order valence-corrected chi connectivity index (χ2v) is 12.3. The van der Waals surface area contributed by atoms with Crippen molar-refractivity contribution >= 4 is 40.3 Å². The van der Waals surface area contributed by atoms with Crippen LogP contribution >= 0.6 is 23.2 Å². The monoisotopic (exact) mass is 629 g/mol. The van der Waals surface area contributed by atoms with Gasteiger partial charge in [0.25, 0.3) is 0 Å². The van der Waals surface area contributed by atoms with E-state index in [1.165, 1.54) is 11.1 Å². The molecule has 1 N–H and O–H groups in total. The van der Waals surface area contributed by atoms with E-state index in [-0.39, 0.29) is 18.3 Å². The van der Waals surface area contributed by atoms with Gasteiger partial charge in [0.1, 0.15) is 11.9 Å². The van der Waals surface area contributed by atoms with Crippen LogP contribution < -0.4 is 4.74 Å². The van der Waals surface area contributed by atoms with Crippen LogP contribution in [0.15, 0.2) is 84.9 Å². The summed E-state index contributed by atoms with van der Waals surface area (Å²) in [6, 6.07) is 27.5. The molecule has 4 aromatic carbocycles. The van der Waals surface area contributed by atoms with Crippen molar-refractivity contribution < 1.29 is 19.0 Å². The zero-order valence-corrected chi connectivity index (χ0v) is 25.9. The Kier molecular flexibility index (Phi) is 9.36. The quantitative estimate of drug-likeness (QED) is 0.200. The molecule has 0 aromatic heterocycles. The van der Waals surface area contributed by atoms with Gasteiger partial charge in [0.2, 0.25) is 0 Å². The minimum absolute atomic E-state index is 0.102. The van der Waals surface area contributed by atoms with Crippen molar-refractivity contribution in [1.29, 1.82) is 0 Å². The van der Waals surface area contributed by atoms with Gasteiger partial charge in [-0.25, -0.2) is 4.79 Å². The van der Waals surface area contributed by atoms with Crippen LogP contribution in [0.3, 0.4) is 0 Å². The Morgan fingerprint density at radius 3 is 2.34 bits per heavy atom. The highest BCUT2D eigenvalue weighted by atomic mass is 35.5. The van der Waals surface area contributed by atoms with E-state index in [9.17, 15) is 14.3 Å². The van der Waals surface area contributed by atoms with E-state index in [2.05, 4.69) is 35.2 Å². The molecule has 0 saturated carbocycles. The average molecular weight is 631 g/mol. The van der Waals surface area contributed by atoms with E-state index in [0.717, 1.165) is 84.5 Å². The molecular weight excluding hydrogens is 596 g/mol. The van der Waals surface area contributed by atoms with Gasteiger partial charge in [0, 0.05) is 29.7 Å². The molecule has 1 fully saturated rings. The number of benzene rings is 4. The number of ether oxygens (including phenoxy) is 1. The molecule has 226 valence electrons. The first-order chi connectivity index (χ1) is 21.4. The van der Waals surface area contributed by atoms with Crippen LogP contribution in [-0.4, -0.2) is 48.4 Å². The van der Waals surface area contributed by atoms with E-state index in [4.69, 9.17) is 27.9 Å². The minimum Gasteiger partial charge on any atom is -0.489 e. The lowest BCUT2D eigenvalue weighted by Gasteiger charge is -2.19. The van der Waals surface area contributed by atoms with Gasteiger partial charge in [-0.15, -0.1) is 0 Å². The minimum atomic E-state index is -0.933. The van der Waals surface area contributed by atoms with Gasteiger partial charge in [-0.3, -0.25) is 9.29 Å². The summed E-state index contributed by atoms with van der Waals surface area (Å²) >= 11 is 13.1. The molecule has 6 rings (SSSR count). The van der Waals surface area contributed by atoms with Crippen LogP contribution in [0.2, 0.25) is 10.0 Å². The first kappa shape index (κ1) is 30.4. The summed E-state index contributed by atoms with van der Waals surface area (Å²) in [7, 11) is 0. The number of rotatable bonds is 9. The number of aromatic carboxylic acids is 1. The van der Waals surface area contributed by atoms with Crippen LogP contribution in [0.1, 0.15) is 58.3 Å². The number of hydrogen-bond donors (Lipinski definition) is 1. The average Bonchev–Trinajstić information content (AvgIpc) is 3.39. The smallest absolute Gasteiger partial charge is 0.335 e. The van der Waals surface area contributed by atoms with Gasteiger partial charge < -0.3 is 9.84 Å². The first-order valence-electron chi connectivity index (χ1n) is 15.1. The number of fused-ring (bicyclic) bond motifs is 1. The predicted octanol–water partition coefficient (Wildman–Crippen LogP) is 9.47. The Labute approximate surface area is 267 Å². The number of nitrogens with zero attached hydrogens (tertiary/aromatic N) is 1. The number of aryl methyl sites for hydroxylation is 1. The topological polar surface area (TPSA) is 49.8 Å². The molecule has 4 nitrogen and oxygen atoms in total. The Balaban J connectivity index is 1.36. The number of alkyl halides is 1. The van der Waals surface area contributed by atoms with Crippen molar-refractivity contribution in [2.24, 2.45) is 0 Å². The van der Waals surface area contributed by atoms with Gasteiger partial charge in [-0.2, -0.15) is 0 Å². The Hall–Kier alpha value is -3.64. The molecular formula is C37H34Cl2FNO3. The van der Waals surface area contributed by atoms with Gasteiger partial charge in [0.15, 0.2) is 0 Å². The lowest BCUT2D eigenvalue weighted by Crippen LogP contribution is -2.26. The van der Waals surface area contributed by atoms with Crippen molar-refractivity contribution in [1.82, 2.24) is 4.90 Å². The Morgan fingerprint density at radius 1 is 0.886 bits per heavy atom. The maximum absolute atomic E-state index is 12.6. The summed E-state index contributed by atoms with van der Waals surface area (Å²) in [5, 5.41) is 10.5. The highest BCUT2D eigenvalue weighted by Gasteiger charge is 2.25. The second-order valence-electron chi connectivity index (χ2n) is 11.5. The lowest BCUT2D eigenvalue weighted by molar-refractivity contribution is 0.0697. The van der Waals surface area contributed by atoms with Crippen molar-refractivity contribution in [3.05, 3.63) is 123 Å². The standard InChI is InChI=1S/C37H34Cl2FNO3/c38-29-12-16-33(35(39)22-29)34-4-1-3-28-21-27(24-5-7-26(8-6-24)37(42)43)11-15-32(28)36(34)25-9-13-30(14-10-25)44-31-17-20-41(23-31)19-2-18-40/h5-16,21-22,31H,1-4,17-20,23H2,(H,42,43)/t31-/m0/s1. The maximum atomic E-state index is 12.6. The van der Waals surface area contributed by atoms with E-state index in [0.29, 0.717) is 16.5 Å². The van der Waals surface area contributed by atoms with Crippen LogP contribution in [0.5, 0.6) is 5.75 Å². The first-order valence-corrected chi connectivity index (χ1v) is 15.9. The third kappa shape index (κ3) is 6.71. The molecule has 0 unspecified atom stereocenters. The highest BCUT2D eigenvalue weighted by molar-refractivity contribution is 6.36. The SMILES string of the molecule is O=C(O)c1ccc(-c2ccc3c(c2)CCCC(c2ccc(Cl)cc2Cl)=C3c2ccc(O[C@H]3CCN(CCCF)C3)cc2)cc1. The molecule has 1 atom stereocenters. The molecule has 0 bridgehead atoms. The van der Waals surface area contributed by atoms with Crippen LogP contribution in [0.4, 0.5) is 4.39 Å². The van der Waals surface area contributed by atoms with E-state index in [1.807, 2.05) is 36.4 Å². The van der Waals surface area contributed by atoms with E-state index < -0.39 is 5.97 Å². The molecule has 1 saturated heterocycles. The van der Waals surface area contributed by atoms with E-state index >= 15 is 0 Å². The number of halogens is 3. The molecule has 1 aliphatic carbocycles. The fourth-order valence-electron chi connectivity index (χ4n) is 6.38. The predicted molar refractivity (Wildman–Crippen MR) is 177 cm³/mol. The summed E-state index contributed by atoms with van der Waals surface area (Å²) in [5.41, 5.74) is 9.06. The number of carboxylic acids is 1. The molecule has 0 radical (unpaired) electrons. The zero-order valence-electron chi connectivity index (χ0n) is 24.4. The van der Waals surface area contributed by atoms with Crippen molar-refractivity contribution in [3.8, 4) is 16.9 Å². The van der Waals surface area contributed by atoms with Crippen LogP contribution in [0, 0.1) is 0 Å². The largest absolute Gasteiger partial charge is 0.489 e. The Morgan fingerprint density at radius 2 is 1.61 bits per heavy atom. The van der Waals surface area contributed by atoms with Gasteiger partial charge in [-0.1, -0.05) is 71.7 Å².